The Morgan fingerprint density at radius 2 is 1.86 bits per heavy atom. The van der Waals surface area contributed by atoms with E-state index < -0.39 is 10.0 Å². The third-order valence-corrected chi connectivity index (χ3v) is 4.81. The number of hydrogen-bond donors (Lipinski definition) is 2. The summed E-state index contributed by atoms with van der Waals surface area (Å²) >= 11 is 0. The zero-order valence-electron chi connectivity index (χ0n) is 12.0. The van der Waals surface area contributed by atoms with Gasteiger partial charge in [0.1, 0.15) is 0 Å². The first-order chi connectivity index (χ1) is 9.95. The number of carbonyl (C=O) groups excluding carboxylic acids is 1. The molecule has 1 aliphatic rings. The van der Waals surface area contributed by atoms with E-state index in [0.717, 1.165) is 12.8 Å². The maximum absolute atomic E-state index is 12.1. The number of amides is 1. The summed E-state index contributed by atoms with van der Waals surface area (Å²) in [7, 11) is -3.74. The van der Waals surface area contributed by atoms with Crippen LogP contribution in [0.4, 0.5) is 5.69 Å². The van der Waals surface area contributed by atoms with Crippen molar-refractivity contribution in [2.45, 2.75) is 49.8 Å². The topological polar surface area (TPSA) is 89.3 Å². The largest absolute Gasteiger partial charge is 0.326 e. The van der Waals surface area contributed by atoms with Gasteiger partial charge in [-0.2, -0.15) is 0 Å². The molecule has 0 radical (unpaired) electrons. The van der Waals surface area contributed by atoms with Crippen molar-refractivity contribution in [3.8, 4) is 0 Å². The zero-order valence-corrected chi connectivity index (χ0v) is 12.9. The Morgan fingerprint density at radius 3 is 2.48 bits per heavy atom. The average Bonchev–Trinajstić information content (AvgIpc) is 2.66. The van der Waals surface area contributed by atoms with Gasteiger partial charge in [0.05, 0.1) is 4.90 Å². The van der Waals surface area contributed by atoms with Gasteiger partial charge < -0.3 is 5.32 Å². The number of nitrogens with two attached hydrogens (primary N) is 1. The molecule has 1 saturated carbocycles. The molecule has 1 fully saturated rings. The van der Waals surface area contributed by atoms with E-state index in [4.69, 9.17) is 5.14 Å². The quantitative estimate of drug-likeness (QED) is 0.838. The maximum Gasteiger partial charge on any atom is 0.238 e. The zero-order chi connectivity index (χ0) is 15.3. The molecule has 0 saturated heterocycles. The van der Waals surface area contributed by atoms with Crippen molar-refractivity contribution in [3.63, 3.8) is 0 Å². The Hall–Kier alpha value is -1.40. The summed E-state index contributed by atoms with van der Waals surface area (Å²) in [5.74, 6) is 0.377. The van der Waals surface area contributed by atoms with Gasteiger partial charge in [0.25, 0.3) is 0 Å². The number of hydrogen-bond acceptors (Lipinski definition) is 3. The van der Waals surface area contributed by atoms with Gasteiger partial charge in [-0.25, -0.2) is 13.6 Å². The molecule has 5 nitrogen and oxygen atoms in total. The van der Waals surface area contributed by atoms with Crippen molar-refractivity contribution in [1.82, 2.24) is 0 Å². The molecule has 0 spiro atoms. The molecule has 3 N–H and O–H groups in total. The molecule has 116 valence electrons. The number of benzene rings is 1. The van der Waals surface area contributed by atoms with Crippen LogP contribution in [0, 0.1) is 5.92 Å². The molecule has 0 atom stereocenters. The lowest BCUT2D eigenvalue weighted by Gasteiger charge is -2.13. The van der Waals surface area contributed by atoms with Gasteiger partial charge in [0.15, 0.2) is 0 Å². The maximum atomic E-state index is 12.1. The second kappa shape index (κ2) is 7.04. The Balaban J connectivity index is 1.96. The van der Waals surface area contributed by atoms with Gasteiger partial charge in [-0.3, -0.25) is 4.79 Å². The molecule has 1 amide bonds. The number of anilines is 1. The fraction of sp³-hybridized carbons (Fsp3) is 0.533. The monoisotopic (exact) mass is 310 g/mol. The van der Waals surface area contributed by atoms with Gasteiger partial charge in [-0.15, -0.1) is 0 Å². The minimum absolute atomic E-state index is 0.00904. The van der Waals surface area contributed by atoms with Crippen LogP contribution < -0.4 is 10.5 Å². The fourth-order valence-electron chi connectivity index (χ4n) is 2.79. The fourth-order valence-corrected chi connectivity index (χ4v) is 3.35. The highest BCUT2D eigenvalue weighted by atomic mass is 32.2. The van der Waals surface area contributed by atoms with Crippen LogP contribution in [-0.4, -0.2) is 14.3 Å². The number of rotatable bonds is 4. The van der Waals surface area contributed by atoms with Crippen molar-refractivity contribution >= 4 is 21.6 Å². The number of sulfonamides is 1. The molecule has 1 aromatic rings. The summed E-state index contributed by atoms with van der Waals surface area (Å²) in [4.78, 5) is 12.1. The van der Waals surface area contributed by atoms with E-state index in [-0.39, 0.29) is 10.8 Å². The lowest BCUT2D eigenvalue weighted by Crippen LogP contribution is -2.17. The van der Waals surface area contributed by atoms with E-state index >= 15 is 0 Å². The molecule has 0 bridgehead atoms. The second-order valence-corrected chi connectivity index (χ2v) is 7.24. The van der Waals surface area contributed by atoms with Crippen molar-refractivity contribution < 1.29 is 13.2 Å². The third-order valence-electron chi connectivity index (χ3n) is 3.90. The molecule has 0 aliphatic heterocycles. The van der Waals surface area contributed by atoms with Crippen molar-refractivity contribution in [3.05, 3.63) is 24.3 Å². The number of primary sulfonamides is 1. The standard InChI is InChI=1S/C15H22N2O3S/c16-21(19,20)14-9-5-8-13(11-14)17-15(18)10-12-6-3-1-2-4-7-12/h5,8-9,11-12H,1-4,6-7,10H2,(H,17,18)(H2,16,19,20). The summed E-state index contributed by atoms with van der Waals surface area (Å²) < 4.78 is 22.6. The van der Waals surface area contributed by atoms with Crippen LogP contribution in [0.5, 0.6) is 0 Å². The van der Waals surface area contributed by atoms with Crippen molar-refractivity contribution in [1.29, 1.82) is 0 Å². The summed E-state index contributed by atoms with van der Waals surface area (Å²) in [5, 5.41) is 7.85. The summed E-state index contributed by atoms with van der Waals surface area (Å²) in [5.41, 5.74) is 0.472. The normalized spacial score (nSPS) is 17.2. The lowest BCUT2D eigenvalue weighted by molar-refractivity contribution is -0.117. The van der Waals surface area contributed by atoms with Crippen LogP contribution >= 0.6 is 0 Å². The lowest BCUT2D eigenvalue weighted by atomic mass is 9.96. The predicted octanol–water partition coefficient (Wildman–Crippen LogP) is 2.63. The molecule has 2 rings (SSSR count). The Morgan fingerprint density at radius 1 is 1.19 bits per heavy atom. The molecule has 0 unspecified atom stereocenters. The number of nitrogens with one attached hydrogen (secondary N) is 1. The molecule has 0 heterocycles. The van der Waals surface area contributed by atoms with Crippen LogP contribution in [0.15, 0.2) is 29.2 Å². The highest BCUT2D eigenvalue weighted by molar-refractivity contribution is 7.89. The van der Waals surface area contributed by atoms with E-state index in [1.807, 2.05) is 0 Å². The number of carbonyl (C=O) groups is 1. The Kier molecular flexibility index (Phi) is 5.36. The predicted molar refractivity (Wildman–Crippen MR) is 82.3 cm³/mol. The van der Waals surface area contributed by atoms with Gasteiger partial charge in [0.2, 0.25) is 15.9 Å². The van der Waals surface area contributed by atoms with E-state index in [2.05, 4.69) is 5.32 Å². The third kappa shape index (κ3) is 5.13. The first-order valence-electron chi connectivity index (χ1n) is 7.38. The average molecular weight is 310 g/mol. The second-order valence-electron chi connectivity index (χ2n) is 5.68. The molecular weight excluding hydrogens is 288 g/mol. The van der Waals surface area contributed by atoms with Crippen LogP contribution in [0.2, 0.25) is 0 Å². The van der Waals surface area contributed by atoms with Gasteiger partial charge in [-0.1, -0.05) is 31.7 Å². The minimum atomic E-state index is -3.74. The highest BCUT2D eigenvalue weighted by Crippen LogP contribution is 2.26. The Labute approximate surface area is 126 Å². The van der Waals surface area contributed by atoms with Gasteiger partial charge in [-0.05, 0) is 37.0 Å². The van der Waals surface area contributed by atoms with E-state index in [0.29, 0.717) is 18.0 Å². The van der Waals surface area contributed by atoms with E-state index in [1.54, 1.807) is 12.1 Å². The highest BCUT2D eigenvalue weighted by Gasteiger charge is 2.16. The summed E-state index contributed by atoms with van der Waals surface area (Å²) in [6.45, 7) is 0. The Bertz CT molecular complexity index is 591. The molecular formula is C15H22N2O3S. The molecule has 1 aliphatic carbocycles. The van der Waals surface area contributed by atoms with Crippen LogP contribution in [-0.2, 0) is 14.8 Å². The van der Waals surface area contributed by atoms with Crippen molar-refractivity contribution in [2.75, 3.05) is 5.32 Å². The van der Waals surface area contributed by atoms with Crippen LogP contribution in [0.1, 0.15) is 44.9 Å². The first kappa shape index (κ1) is 16.0. The van der Waals surface area contributed by atoms with Crippen LogP contribution in [0.25, 0.3) is 0 Å². The minimum Gasteiger partial charge on any atom is -0.326 e. The molecule has 0 aromatic heterocycles. The molecule has 6 heteroatoms. The summed E-state index contributed by atoms with van der Waals surface area (Å²) in [6, 6.07) is 6.04. The van der Waals surface area contributed by atoms with E-state index in [9.17, 15) is 13.2 Å². The SMILES string of the molecule is NS(=O)(=O)c1cccc(NC(=O)CC2CCCCCC2)c1. The van der Waals surface area contributed by atoms with E-state index in [1.165, 1.54) is 37.8 Å². The smallest absolute Gasteiger partial charge is 0.238 e. The van der Waals surface area contributed by atoms with Gasteiger partial charge in [0, 0.05) is 12.1 Å². The van der Waals surface area contributed by atoms with Crippen LogP contribution in [0.3, 0.4) is 0 Å². The summed E-state index contributed by atoms with van der Waals surface area (Å²) in [6.07, 6.45) is 7.61. The first-order valence-corrected chi connectivity index (χ1v) is 8.92. The van der Waals surface area contributed by atoms with Crippen molar-refractivity contribution in [2.24, 2.45) is 11.1 Å². The molecule has 1 aromatic carbocycles. The molecule has 21 heavy (non-hydrogen) atoms. The van der Waals surface area contributed by atoms with Gasteiger partial charge >= 0.3 is 0 Å².